The predicted molar refractivity (Wildman–Crippen MR) is 49.0 cm³/mol. The lowest BCUT2D eigenvalue weighted by Crippen LogP contribution is -2.05. The molecule has 0 atom stereocenters. The summed E-state index contributed by atoms with van der Waals surface area (Å²) in [5, 5.41) is 21.7. The van der Waals surface area contributed by atoms with Gasteiger partial charge in [0.2, 0.25) is 0 Å². The molecule has 0 aliphatic rings. The van der Waals surface area contributed by atoms with Crippen LogP contribution in [0.5, 0.6) is 0 Å². The highest BCUT2D eigenvalue weighted by atomic mass is 16.4. The minimum Gasteiger partial charge on any atom is -0.792 e. The van der Waals surface area contributed by atoms with Gasteiger partial charge < -0.3 is 15.5 Å². The molecule has 0 bridgehead atoms. The van der Waals surface area contributed by atoms with Crippen LogP contribution < -0.4 is 0 Å². The lowest BCUT2D eigenvalue weighted by atomic mass is 10.0. The van der Waals surface area contributed by atoms with Crippen LogP contribution in [0.2, 0.25) is 0 Å². The first-order valence-electron chi connectivity index (χ1n) is 3.66. The van der Waals surface area contributed by atoms with Crippen molar-refractivity contribution in [1.29, 1.82) is 0 Å². The first-order valence-corrected chi connectivity index (χ1v) is 3.66. The summed E-state index contributed by atoms with van der Waals surface area (Å²) in [6.45, 7) is 1.48. The van der Waals surface area contributed by atoms with Crippen molar-refractivity contribution in [1.82, 2.24) is 0 Å². The van der Waals surface area contributed by atoms with E-state index in [0.717, 1.165) is 0 Å². The Hall–Kier alpha value is -1.84. The van der Waals surface area contributed by atoms with Crippen molar-refractivity contribution >= 4 is 11.7 Å². The summed E-state index contributed by atoms with van der Waals surface area (Å²) in [5.74, 6) is -1.06. The van der Waals surface area contributed by atoms with Crippen molar-refractivity contribution in [3.05, 3.63) is 40.6 Å². The van der Waals surface area contributed by atoms with E-state index < -0.39 is 5.97 Å². The molecule has 0 saturated carbocycles. The molecule has 1 aromatic carbocycles. The van der Waals surface area contributed by atoms with Gasteiger partial charge in [0.1, 0.15) is 0 Å². The molecule has 0 saturated heterocycles. The van der Waals surface area contributed by atoms with E-state index in [-0.39, 0.29) is 11.3 Å². The van der Waals surface area contributed by atoms with E-state index in [0.29, 0.717) is 5.56 Å². The normalized spacial score (nSPS) is 11.3. The molecule has 13 heavy (non-hydrogen) atoms. The molecule has 0 aliphatic carbocycles. The first kappa shape index (κ1) is 9.25. The number of benzene rings is 1. The van der Waals surface area contributed by atoms with Crippen molar-refractivity contribution in [3.8, 4) is 0 Å². The SMILES string of the molecule is C/C(=N/[O-])c1ccccc1C(=O)O. The fourth-order valence-corrected chi connectivity index (χ4v) is 1.03. The topological polar surface area (TPSA) is 72.7 Å². The van der Waals surface area contributed by atoms with Gasteiger partial charge in [0.05, 0.1) is 5.56 Å². The van der Waals surface area contributed by atoms with Crippen LogP contribution in [0.1, 0.15) is 22.8 Å². The van der Waals surface area contributed by atoms with Crippen LogP contribution >= 0.6 is 0 Å². The highest BCUT2D eigenvalue weighted by molar-refractivity contribution is 6.07. The maximum absolute atomic E-state index is 10.7. The summed E-state index contributed by atoms with van der Waals surface area (Å²) < 4.78 is 0. The van der Waals surface area contributed by atoms with E-state index in [9.17, 15) is 10.0 Å². The summed E-state index contributed by atoms with van der Waals surface area (Å²) in [5.41, 5.74) is 0.641. The first-order chi connectivity index (χ1) is 6.16. The van der Waals surface area contributed by atoms with Gasteiger partial charge in [-0.1, -0.05) is 18.2 Å². The highest BCUT2D eigenvalue weighted by Crippen LogP contribution is 2.09. The number of carboxylic acid groups (broad SMARTS) is 1. The van der Waals surface area contributed by atoms with E-state index in [1.54, 1.807) is 18.2 Å². The van der Waals surface area contributed by atoms with Crippen LogP contribution in [-0.4, -0.2) is 16.8 Å². The second-order valence-corrected chi connectivity index (χ2v) is 2.53. The van der Waals surface area contributed by atoms with Crippen LogP contribution in [0.3, 0.4) is 0 Å². The van der Waals surface area contributed by atoms with Gasteiger partial charge in [0.15, 0.2) is 0 Å². The van der Waals surface area contributed by atoms with Gasteiger partial charge in [-0.05, 0) is 13.0 Å². The lowest BCUT2D eigenvalue weighted by molar-refractivity contribution is 0.0696. The quantitative estimate of drug-likeness (QED) is 0.553. The van der Waals surface area contributed by atoms with Gasteiger partial charge >= 0.3 is 5.97 Å². The molecule has 1 rings (SSSR count). The average molecular weight is 178 g/mol. The van der Waals surface area contributed by atoms with E-state index in [1.807, 2.05) is 0 Å². The number of carbonyl (C=O) groups is 1. The monoisotopic (exact) mass is 178 g/mol. The van der Waals surface area contributed by atoms with Crippen LogP contribution in [0.15, 0.2) is 29.4 Å². The number of hydrogen-bond acceptors (Lipinski definition) is 3. The third-order valence-electron chi connectivity index (χ3n) is 1.68. The van der Waals surface area contributed by atoms with Crippen LogP contribution in [0.25, 0.3) is 0 Å². The molecule has 4 nitrogen and oxygen atoms in total. The Morgan fingerprint density at radius 2 is 1.92 bits per heavy atom. The minimum absolute atomic E-state index is 0.0969. The molecule has 0 heterocycles. The van der Waals surface area contributed by atoms with Gasteiger partial charge in [-0.2, -0.15) is 0 Å². The predicted octanol–water partition coefficient (Wildman–Crippen LogP) is 1.69. The van der Waals surface area contributed by atoms with E-state index in [1.165, 1.54) is 13.0 Å². The van der Waals surface area contributed by atoms with Crippen LogP contribution in [0, 0.1) is 5.21 Å². The lowest BCUT2D eigenvalue weighted by Gasteiger charge is -2.06. The number of rotatable bonds is 2. The van der Waals surface area contributed by atoms with E-state index in [2.05, 4.69) is 5.16 Å². The Bertz CT molecular complexity index is 358. The maximum Gasteiger partial charge on any atom is 0.336 e. The third-order valence-corrected chi connectivity index (χ3v) is 1.68. The molecule has 0 aromatic heterocycles. The fraction of sp³-hybridized carbons (Fsp3) is 0.111. The molecule has 0 aliphatic heterocycles. The van der Waals surface area contributed by atoms with Gasteiger partial charge in [0, 0.05) is 11.3 Å². The summed E-state index contributed by atoms with van der Waals surface area (Å²) >= 11 is 0. The molecule has 4 heteroatoms. The summed E-state index contributed by atoms with van der Waals surface area (Å²) in [4.78, 5) is 10.7. The van der Waals surface area contributed by atoms with E-state index in [4.69, 9.17) is 5.11 Å². The zero-order valence-electron chi connectivity index (χ0n) is 7.02. The molecule has 0 spiro atoms. The number of nitrogens with zero attached hydrogens (tertiary/aromatic N) is 1. The second-order valence-electron chi connectivity index (χ2n) is 2.53. The molecule has 0 fully saturated rings. The molecular weight excluding hydrogens is 170 g/mol. The Labute approximate surface area is 75.1 Å². The zero-order chi connectivity index (χ0) is 9.84. The Balaban J connectivity index is 3.28. The Morgan fingerprint density at radius 1 is 1.38 bits per heavy atom. The van der Waals surface area contributed by atoms with Crippen LogP contribution in [0.4, 0.5) is 0 Å². The molecule has 1 aromatic rings. The minimum atomic E-state index is -1.06. The van der Waals surface area contributed by atoms with Gasteiger partial charge in [-0.15, -0.1) is 0 Å². The molecule has 68 valence electrons. The van der Waals surface area contributed by atoms with Crippen molar-refractivity contribution < 1.29 is 9.90 Å². The summed E-state index contributed by atoms with van der Waals surface area (Å²) in [7, 11) is 0. The molecule has 0 unspecified atom stereocenters. The zero-order valence-corrected chi connectivity index (χ0v) is 7.02. The van der Waals surface area contributed by atoms with Gasteiger partial charge in [0.25, 0.3) is 0 Å². The fourth-order valence-electron chi connectivity index (χ4n) is 1.03. The Morgan fingerprint density at radius 3 is 2.38 bits per heavy atom. The van der Waals surface area contributed by atoms with Crippen molar-refractivity contribution in [2.75, 3.05) is 0 Å². The van der Waals surface area contributed by atoms with E-state index >= 15 is 0 Å². The number of carboxylic acids is 1. The molecular formula is C9H8NO3-. The number of hydrogen-bond donors (Lipinski definition) is 1. The van der Waals surface area contributed by atoms with Crippen LogP contribution in [-0.2, 0) is 0 Å². The molecule has 0 radical (unpaired) electrons. The standard InChI is InChI=1S/C9H9NO3/c1-6(10-13)7-4-2-3-5-8(7)9(11)12/h2-5,13H,1H3,(H,11,12)/p-1/b10-6-. The third kappa shape index (κ3) is 1.84. The smallest absolute Gasteiger partial charge is 0.336 e. The largest absolute Gasteiger partial charge is 0.792 e. The van der Waals surface area contributed by atoms with Crippen molar-refractivity contribution in [2.24, 2.45) is 5.16 Å². The Kier molecular flexibility index (Phi) is 2.64. The second kappa shape index (κ2) is 3.71. The van der Waals surface area contributed by atoms with Crippen molar-refractivity contribution in [3.63, 3.8) is 0 Å². The summed E-state index contributed by atoms with van der Waals surface area (Å²) in [6.07, 6.45) is 0. The average Bonchev–Trinajstić information content (AvgIpc) is 2.16. The molecule has 1 N–H and O–H groups in total. The van der Waals surface area contributed by atoms with Gasteiger partial charge in [-0.3, -0.25) is 0 Å². The van der Waals surface area contributed by atoms with Gasteiger partial charge in [-0.25, -0.2) is 4.79 Å². The summed E-state index contributed by atoms with van der Waals surface area (Å²) in [6, 6.07) is 6.26. The highest BCUT2D eigenvalue weighted by Gasteiger charge is 2.09. The van der Waals surface area contributed by atoms with Crippen molar-refractivity contribution in [2.45, 2.75) is 6.92 Å². The number of aromatic carboxylic acids is 1. The molecule has 0 amide bonds. The maximum atomic E-state index is 10.7.